The number of nitrogens with one attached hydrogen (secondary N) is 3. The van der Waals surface area contributed by atoms with Crippen LogP contribution in [0.2, 0.25) is 0 Å². The summed E-state index contributed by atoms with van der Waals surface area (Å²) in [7, 11) is 0. The summed E-state index contributed by atoms with van der Waals surface area (Å²) in [6.07, 6.45) is -11.6. The van der Waals surface area contributed by atoms with Crippen LogP contribution in [0.5, 0.6) is 0 Å². The summed E-state index contributed by atoms with van der Waals surface area (Å²) >= 11 is 0. The second-order valence-electron chi connectivity index (χ2n) is 7.92. The lowest BCUT2D eigenvalue weighted by molar-refractivity contribution is -0.376. The van der Waals surface area contributed by atoms with Crippen LogP contribution >= 0.6 is 0 Å². The van der Waals surface area contributed by atoms with Crippen LogP contribution in [0, 0.1) is 0 Å². The van der Waals surface area contributed by atoms with Gasteiger partial charge in [0.05, 0.1) is 5.56 Å². The lowest BCUT2D eigenvalue weighted by atomic mass is 9.92. The second-order valence-corrected chi connectivity index (χ2v) is 7.92. The molecule has 0 spiro atoms. The van der Waals surface area contributed by atoms with Crippen LogP contribution in [-0.2, 0) is 12.1 Å². The van der Waals surface area contributed by atoms with Gasteiger partial charge in [0.2, 0.25) is 0 Å². The van der Waals surface area contributed by atoms with Crippen LogP contribution in [-0.4, -0.2) is 33.5 Å². The third-order valence-electron chi connectivity index (χ3n) is 5.64. The van der Waals surface area contributed by atoms with E-state index in [1.165, 1.54) is 18.3 Å². The Morgan fingerprint density at radius 2 is 1.69 bits per heavy atom. The molecule has 0 bridgehead atoms. The molecule has 1 aliphatic rings. The number of fused-ring (bicyclic) bond motifs is 1. The van der Waals surface area contributed by atoms with Crippen LogP contribution in [0.3, 0.4) is 0 Å². The standard InChI is InChI=1S/C23H18F6N4O3/c24-22(25,26)21(36,23(27,28)29)12-4-1-5-13(10-12)32-20(35)15-7-3-9-30-18(15)33-17-8-2-6-14-16(17)11-31-19(14)34/h1-10,19,31,34,36H,11H2,(H,30,33)(H,32,35). The van der Waals surface area contributed by atoms with Crippen LogP contribution in [0.15, 0.2) is 60.8 Å². The highest BCUT2D eigenvalue weighted by molar-refractivity contribution is 6.07. The summed E-state index contributed by atoms with van der Waals surface area (Å²) in [6.45, 7) is 0.335. The van der Waals surface area contributed by atoms with E-state index < -0.39 is 41.3 Å². The summed E-state index contributed by atoms with van der Waals surface area (Å²) in [5.74, 6) is -0.820. The van der Waals surface area contributed by atoms with Crippen molar-refractivity contribution in [3.05, 3.63) is 83.0 Å². The van der Waals surface area contributed by atoms with Crippen molar-refractivity contribution in [1.82, 2.24) is 10.3 Å². The van der Waals surface area contributed by atoms with Crippen molar-refractivity contribution in [1.29, 1.82) is 0 Å². The van der Waals surface area contributed by atoms with E-state index in [0.717, 1.165) is 17.7 Å². The maximum atomic E-state index is 13.2. The van der Waals surface area contributed by atoms with Crippen LogP contribution in [0.25, 0.3) is 0 Å². The Morgan fingerprint density at radius 3 is 2.39 bits per heavy atom. The smallest absolute Gasteiger partial charge is 0.374 e. The van der Waals surface area contributed by atoms with Crippen LogP contribution in [0.4, 0.5) is 43.5 Å². The number of carbonyl (C=O) groups excluding carboxylic acids is 1. The van der Waals surface area contributed by atoms with Crippen molar-refractivity contribution < 1.29 is 41.4 Å². The van der Waals surface area contributed by atoms with Crippen molar-refractivity contribution in [2.45, 2.75) is 30.7 Å². The molecular formula is C23H18F6N4O3. The van der Waals surface area contributed by atoms with Gasteiger partial charge in [-0.2, -0.15) is 26.3 Å². The molecule has 1 aromatic heterocycles. The Hall–Kier alpha value is -3.68. The fourth-order valence-electron chi connectivity index (χ4n) is 3.81. The molecule has 0 saturated heterocycles. The number of halogens is 6. The highest BCUT2D eigenvalue weighted by Gasteiger charge is 2.71. The van der Waals surface area contributed by atoms with Crippen molar-refractivity contribution in [3.63, 3.8) is 0 Å². The summed E-state index contributed by atoms with van der Waals surface area (Å²) < 4.78 is 79.4. The number of pyridine rings is 1. The SMILES string of the molecule is O=C(Nc1cccc(C(O)(C(F)(F)F)C(F)(F)F)c1)c1cccnc1Nc1cccc2c1CNC2O. The number of aliphatic hydroxyl groups is 2. The first kappa shape index (κ1) is 25.4. The number of hydrogen-bond acceptors (Lipinski definition) is 6. The number of hydrogen-bond donors (Lipinski definition) is 5. The molecule has 1 aliphatic heterocycles. The molecular weight excluding hydrogens is 494 g/mol. The van der Waals surface area contributed by atoms with E-state index in [1.807, 2.05) is 0 Å². The molecule has 13 heteroatoms. The number of nitrogens with zero attached hydrogens (tertiary/aromatic N) is 1. The third kappa shape index (κ3) is 4.47. The fraction of sp³-hybridized carbons (Fsp3) is 0.217. The van der Waals surface area contributed by atoms with Crippen molar-refractivity contribution >= 4 is 23.1 Å². The number of aromatic nitrogens is 1. The molecule has 0 aliphatic carbocycles. The predicted octanol–water partition coefficient (Wildman–Crippen LogP) is 4.48. The van der Waals surface area contributed by atoms with Gasteiger partial charge in [-0.15, -0.1) is 0 Å². The van der Waals surface area contributed by atoms with E-state index in [4.69, 9.17) is 0 Å². The van der Waals surface area contributed by atoms with E-state index >= 15 is 0 Å². The summed E-state index contributed by atoms with van der Waals surface area (Å²) in [5.41, 5.74) is -5.22. The number of amides is 1. The van der Waals surface area contributed by atoms with Gasteiger partial charge >= 0.3 is 12.4 Å². The van der Waals surface area contributed by atoms with Gasteiger partial charge in [0.25, 0.3) is 11.5 Å². The molecule has 1 amide bonds. The monoisotopic (exact) mass is 512 g/mol. The number of aliphatic hydroxyl groups excluding tert-OH is 1. The average Bonchev–Trinajstić information content (AvgIpc) is 3.19. The molecule has 36 heavy (non-hydrogen) atoms. The average molecular weight is 512 g/mol. The largest absolute Gasteiger partial charge is 0.430 e. The van der Waals surface area contributed by atoms with Gasteiger partial charge in [-0.1, -0.05) is 24.3 Å². The van der Waals surface area contributed by atoms with Gasteiger partial charge in [-0.05, 0) is 35.9 Å². The Balaban J connectivity index is 1.63. The number of anilines is 3. The van der Waals surface area contributed by atoms with Crippen molar-refractivity contribution in [2.24, 2.45) is 0 Å². The lowest BCUT2D eigenvalue weighted by Gasteiger charge is -2.32. The zero-order valence-electron chi connectivity index (χ0n) is 18.1. The van der Waals surface area contributed by atoms with E-state index in [9.17, 15) is 41.4 Å². The van der Waals surface area contributed by atoms with Gasteiger partial charge in [-0.3, -0.25) is 10.1 Å². The lowest BCUT2D eigenvalue weighted by Crippen LogP contribution is -2.53. The minimum absolute atomic E-state index is 0.0584. The van der Waals surface area contributed by atoms with Crippen LogP contribution in [0.1, 0.15) is 33.3 Å². The molecule has 1 atom stereocenters. The van der Waals surface area contributed by atoms with E-state index in [0.29, 0.717) is 29.9 Å². The molecule has 190 valence electrons. The minimum atomic E-state index is -6.06. The van der Waals surface area contributed by atoms with Crippen molar-refractivity contribution in [2.75, 3.05) is 10.6 Å². The quantitative estimate of drug-likeness (QED) is 0.323. The molecule has 3 aromatic rings. The molecule has 2 heterocycles. The van der Waals surface area contributed by atoms with E-state index in [1.54, 1.807) is 18.2 Å². The van der Waals surface area contributed by atoms with Gasteiger partial charge < -0.3 is 20.8 Å². The van der Waals surface area contributed by atoms with Gasteiger partial charge in [0, 0.05) is 35.2 Å². The Labute approximate surface area is 199 Å². The summed E-state index contributed by atoms with van der Waals surface area (Å²) in [6, 6.07) is 10.6. The molecule has 0 saturated carbocycles. The van der Waals surface area contributed by atoms with Gasteiger partial charge in [0.15, 0.2) is 0 Å². The number of alkyl halides is 6. The zero-order chi connectivity index (χ0) is 26.3. The highest BCUT2D eigenvalue weighted by atomic mass is 19.4. The Kier molecular flexibility index (Phi) is 6.41. The molecule has 0 radical (unpaired) electrons. The second kappa shape index (κ2) is 9.08. The number of rotatable bonds is 5. The molecule has 0 fully saturated rings. The summed E-state index contributed by atoms with van der Waals surface area (Å²) in [4.78, 5) is 17.0. The molecule has 7 nitrogen and oxygen atoms in total. The van der Waals surface area contributed by atoms with Gasteiger partial charge in [0.1, 0.15) is 12.0 Å². The number of carbonyl (C=O) groups is 1. The molecule has 2 aromatic carbocycles. The first-order valence-electron chi connectivity index (χ1n) is 10.4. The normalized spacial score (nSPS) is 15.9. The highest BCUT2D eigenvalue weighted by Crippen LogP contribution is 2.50. The van der Waals surface area contributed by atoms with Gasteiger partial charge in [-0.25, -0.2) is 4.98 Å². The Bertz CT molecular complexity index is 1280. The first-order chi connectivity index (χ1) is 16.8. The zero-order valence-corrected chi connectivity index (χ0v) is 18.1. The van der Waals surface area contributed by atoms with E-state index in [-0.39, 0.29) is 11.4 Å². The molecule has 4 rings (SSSR count). The predicted molar refractivity (Wildman–Crippen MR) is 116 cm³/mol. The molecule has 1 unspecified atom stereocenters. The maximum absolute atomic E-state index is 13.2. The summed E-state index contributed by atoms with van der Waals surface area (Å²) in [5, 5.41) is 27.7. The molecule has 5 N–H and O–H groups in total. The maximum Gasteiger partial charge on any atom is 0.430 e. The van der Waals surface area contributed by atoms with Crippen LogP contribution < -0.4 is 16.0 Å². The number of benzene rings is 2. The van der Waals surface area contributed by atoms with Crippen molar-refractivity contribution in [3.8, 4) is 0 Å². The third-order valence-corrected chi connectivity index (χ3v) is 5.64. The topological polar surface area (TPSA) is 107 Å². The Morgan fingerprint density at radius 1 is 1.00 bits per heavy atom. The minimum Gasteiger partial charge on any atom is -0.374 e. The van der Waals surface area contributed by atoms with E-state index in [2.05, 4.69) is 20.9 Å². The fourth-order valence-corrected chi connectivity index (χ4v) is 3.81. The first-order valence-corrected chi connectivity index (χ1v) is 10.4.